The minimum atomic E-state index is -0.689. The van der Waals surface area contributed by atoms with Crippen LogP contribution < -0.4 is 5.32 Å². The smallest absolute Gasteiger partial charge is 0.226 e. The van der Waals surface area contributed by atoms with Gasteiger partial charge >= 0.3 is 0 Å². The fourth-order valence-electron chi connectivity index (χ4n) is 1.88. The lowest BCUT2D eigenvalue weighted by molar-refractivity contribution is -0.130. The third-order valence-electron chi connectivity index (χ3n) is 2.90. The van der Waals surface area contributed by atoms with E-state index in [0.29, 0.717) is 5.69 Å². The Bertz CT molecular complexity index is 473. The maximum Gasteiger partial charge on any atom is 0.226 e. The van der Waals surface area contributed by atoms with Crippen LogP contribution in [-0.2, 0) is 20.7 Å². The number of benzene rings is 1. The van der Waals surface area contributed by atoms with Gasteiger partial charge in [0.05, 0.1) is 19.1 Å². The Balaban J connectivity index is 2.52. The molecule has 1 aromatic carbocycles. The molecular weight excluding hydrogens is 272 g/mol. The zero-order valence-corrected chi connectivity index (χ0v) is 12.6. The van der Waals surface area contributed by atoms with Crippen molar-refractivity contribution >= 4 is 17.5 Å². The van der Waals surface area contributed by atoms with Crippen molar-refractivity contribution in [3.63, 3.8) is 0 Å². The normalized spacial score (nSPS) is 11.8. The number of rotatable bonds is 7. The molecule has 21 heavy (non-hydrogen) atoms. The minimum Gasteiger partial charge on any atom is -0.389 e. The summed E-state index contributed by atoms with van der Waals surface area (Å²) in [6, 6.07) is 7.10. The summed E-state index contributed by atoms with van der Waals surface area (Å²) in [6.45, 7) is 1.87. The highest BCUT2D eigenvalue weighted by Crippen LogP contribution is 2.10. The number of carbonyl (C=O) groups excluding carboxylic acids is 2. The number of aliphatic hydroxyl groups excluding tert-OH is 1. The maximum atomic E-state index is 12.0. The molecule has 0 aliphatic heterocycles. The maximum absolute atomic E-state index is 12.0. The lowest BCUT2D eigenvalue weighted by Crippen LogP contribution is -2.37. The van der Waals surface area contributed by atoms with Crippen molar-refractivity contribution in [2.45, 2.75) is 19.4 Å². The standard InChI is InChI=1S/C15H22N2O4/c1-11(18)16-13-6-4-12(5-7-13)8-15(20)17(2)9-14(19)10-21-3/h4-7,14,19H,8-10H2,1-3H3,(H,16,18). The second-order valence-electron chi connectivity index (χ2n) is 4.94. The Morgan fingerprint density at radius 3 is 2.48 bits per heavy atom. The number of carbonyl (C=O) groups is 2. The van der Waals surface area contributed by atoms with Crippen LogP contribution in [0.4, 0.5) is 5.69 Å². The Hall–Kier alpha value is -1.92. The van der Waals surface area contributed by atoms with Gasteiger partial charge in [-0.3, -0.25) is 9.59 Å². The van der Waals surface area contributed by atoms with Gasteiger partial charge in [-0.2, -0.15) is 0 Å². The fourth-order valence-corrected chi connectivity index (χ4v) is 1.88. The zero-order valence-electron chi connectivity index (χ0n) is 12.6. The highest BCUT2D eigenvalue weighted by Gasteiger charge is 2.14. The van der Waals surface area contributed by atoms with Gasteiger partial charge in [-0.25, -0.2) is 0 Å². The Kier molecular flexibility index (Phi) is 6.84. The fraction of sp³-hybridized carbons (Fsp3) is 0.467. The number of hydrogen-bond acceptors (Lipinski definition) is 4. The molecule has 0 radical (unpaired) electrons. The Morgan fingerprint density at radius 2 is 1.95 bits per heavy atom. The first-order valence-electron chi connectivity index (χ1n) is 6.70. The molecule has 0 fully saturated rings. The SMILES string of the molecule is COCC(O)CN(C)C(=O)Cc1ccc(NC(C)=O)cc1. The van der Waals surface area contributed by atoms with Crippen LogP contribution in [0.3, 0.4) is 0 Å². The third-order valence-corrected chi connectivity index (χ3v) is 2.90. The molecule has 0 aliphatic rings. The van der Waals surface area contributed by atoms with Gasteiger partial charge in [0.15, 0.2) is 0 Å². The molecule has 0 saturated carbocycles. The average Bonchev–Trinajstić information content (AvgIpc) is 2.40. The Morgan fingerprint density at radius 1 is 1.33 bits per heavy atom. The van der Waals surface area contributed by atoms with Gasteiger partial charge in [-0.05, 0) is 17.7 Å². The molecule has 6 nitrogen and oxygen atoms in total. The van der Waals surface area contributed by atoms with E-state index in [2.05, 4.69) is 5.32 Å². The summed E-state index contributed by atoms with van der Waals surface area (Å²) in [5.74, 6) is -0.219. The van der Waals surface area contributed by atoms with Gasteiger partial charge in [-0.15, -0.1) is 0 Å². The van der Waals surface area contributed by atoms with Crippen LogP contribution in [0.25, 0.3) is 0 Å². The molecule has 0 heterocycles. The summed E-state index contributed by atoms with van der Waals surface area (Å²) in [7, 11) is 3.15. The number of amides is 2. The van der Waals surface area contributed by atoms with Crippen LogP contribution in [-0.4, -0.2) is 55.2 Å². The molecule has 2 N–H and O–H groups in total. The van der Waals surface area contributed by atoms with Crippen molar-refractivity contribution in [3.05, 3.63) is 29.8 Å². The van der Waals surface area contributed by atoms with E-state index >= 15 is 0 Å². The predicted octanol–water partition coefficient (Wildman–Crippen LogP) is 0.653. The lowest BCUT2D eigenvalue weighted by atomic mass is 10.1. The molecule has 0 spiro atoms. The summed E-state index contributed by atoms with van der Waals surface area (Å²) in [5.41, 5.74) is 1.55. The topological polar surface area (TPSA) is 78.9 Å². The summed E-state index contributed by atoms with van der Waals surface area (Å²) in [5, 5.41) is 12.3. The number of aliphatic hydroxyl groups is 1. The van der Waals surface area contributed by atoms with Crippen molar-refractivity contribution in [1.82, 2.24) is 4.90 Å². The zero-order chi connectivity index (χ0) is 15.8. The van der Waals surface area contributed by atoms with Crippen molar-refractivity contribution in [2.75, 3.05) is 32.6 Å². The molecule has 1 atom stereocenters. The molecule has 116 valence electrons. The quantitative estimate of drug-likeness (QED) is 0.774. The monoisotopic (exact) mass is 294 g/mol. The molecule has 1 unspecified atom stereocenters. The van der Waals surface area contributed by atoms with E-state index in [1.807, 2.05) is 0 Å². The van der Waals surface area contributed by atoms with Crippen molar-refractivity contribution in [2.24, 2.45) is 0 Å². The van der Waals surface area contributed by atoms with Crippen LogP contribution in [0.15, 0.2) is 24.3 Å². The van der Waals surface area contributed by atoms with Gasteiger partial charge < -0.3 is 20.1 Å². The molecule has 2 amide bonds. The number of anilines is 1. The molecule has 0 aliphatic carbocycles. The molecule has 0 bridgehead atoms. The highest BCUT2D eigenvalue weighted by atomic mass is 16.5. The van der Waals surface area contributed by atoms with E-state index < -0.39 is 6.10 Å². The molecule has 0 saturated heterocycles. The second-order valence-corrected chi connectivity index (χ2v) is 4.94. The largest absolute Gasteiger partial charge is 0.389 e. The number of nitrogens with one attached hydrogen (secondary N) is 1. The van der Waals surface area contributed by atoms with Gasteiger partial charge in [0.2, 0.25) is 11.8 Å². The van der Waals surface area contributed by atoms with Crippen LogP contribution >= 0.6 is 0 Å². The van der Waals surface area contributed by atoms with Crippen molar-refractivity contribution in [3.8, 4) is 0 Å². The van der Waals surface area contributed by atoms with Crippen molar-refractivity contribution < 1.29 is 19.4 Å². The average molecular weight is 294 g/mol. The first-order valence-corrected chi connectivity index (χ1v) is 6.70. The summed E-state index contributed by atoms with van der Waals surface area (Å²) in [4.78, 5) is 24.4. The summed E-state index contributed by atoms with van der Waals surface area (Å²) >= 11 is 0. The predicted molar refractivity (Wildman–Crippen MR) is 80.0 cm³/mol. The van der Waals surface area contributed by atoms with E-state index in [4.69, 9.17) is 4.74 Å². The first kappa shape index (κ1) is 17.1. The van der Waals surface area contributed by atoms with E-state index in [9.17, 15) is 14.7 Å². The number of hydrogen-bond donors (Lipinski definition) is 2. The number of nitrogens with zero attached hydrogens (tertiary/aromatic N) is 1. The summed E-state index contributed by atoms with van der Waals surface area (Å²) in [6.07, 6.45) is -0.442. The van der Waals surface area contributed by atoms with Gasteiger partial charge in [-0.1, -0.05) is 12.1 Å². The van der Waals surface area contributed by atoms with Crippen LogP contribution in [0.2, 0.25) is 0 Å². The van der Waals surface area contributed by atoms with Crippen molar-refractivity contribution in [1.29, 1.82) is 0 Å². The molecule has 1 rings (SSSR count). The van der Waals surface area contributed by atoms with E-state index in [0.717, 1.165) is 5.56 Å². The first-order chi connectivity index (χ1) is 9.92. The van der Waals surface area contributed by atoms with E-state index in [1.54, 1.807) is 31.3 Å². The van der Waals surface area contributed by atoms with Crippen LogP contribution in [0.5, 0.6) is 0 Å². The highest BCUT2D eigenvalue weighted by molar-refractivity contribution is 5.88. The number of ether oxygens (including phenoxy) is 1. The third kappa shape index (κ3) is 6.37. The van der Waals surface area contributed by atoms with Gasteiger partial charge in [0.25, 0.3) is 0 Å². The minimum absolute atomic E-state index is 0.0857. The number of likely N-dealkylation sites (N-methyl/N-ethyl adjacent to an activating group) is 1. The van der Waals surface area contributed by atoms with E-state index in [1.165, 1.54) is 18.9 Å². The second kappa shape index (κ2) is 8.39. The lowest BCUT2D eigenvalue weighted by Gasteiger charge is -2.20. The summed E-state index contributed by atoms with van der Waals surface area (Å²) < 4.78 is 4.82. The molecule has 0 aromatic heterocycles. The van der Waals surface area contributed by atoms with Gasteiger partial charge in [0, 0.05) is 33.3 Å². The molecule has 1 aromatic rings. The van der Waals surface area contributed by atoms with Crippen LogP contribution in [0.1, 0.15) is 12.5 Å². The van der Waals surface area contributed by atoms with E-state index in [-0.39, 0.29) is 31.4 Å². The molecule has 6 heteroatoms. The van der Waals surface area contributed by atoms with Gasteiger partial charge in [0.1, 0.15) is 0 Å². The Labute approximate surface area is 124 Å². The van der Waals surface area contributed by atoms with Crippen LogP contribution in [0, 0.1) is 0 Å². The molecular formula is C15H22N2O4. The number of methoxy groups -OCH3 is 1.